The van der Waals surface area contributed by atoms with Crippen LogP contribution in [0.3, 0.4) is 0 Å². The van der Waals surface area contributed by atoms with Gasteiger partial charge < -0.3 is 0 Å². The first-order valence-corrected chi connectivity index (χ1v) is 8.18. The predicted molar refractivity (Wildman–Crippen MR) is 73.8 cm³/mol. The molecule has 0 bridgehead atoms. The fraction of sp³-hybridized carbons (Fsp3) is 0.538. The maximum absolute atomic E-state index is 12.0. The van der Waals surface area contributed by atoms with E-state index in [1.807, 2.05) is 0 Å². The van der Waals surface area contributed by atoms with Crippen molar-refractivity contribution in [3.63, 3.8) is 0 Å². The number of hydrogen-bond acceptors (Lipinski definition) is 3. The van der Waals surface area contributed by atoms with Gasteiger partial charge in [-0.05, 0) is 30.5 Å². The molecule has 0 aliphatic heterocycles. The van der Waals surface area contributed by atoms with Gasteiger partial charge in [-0.15, -0.1) is 0 Å². The molecule has 1 fully saturated rings. The van der Waals surface area contributed by atoms with Crippen molar-refractivity contribution in [3.8, 4) is 0 Å². The molecule has 0 amide bonds. The van der Waals surface area contributed by atoms with Gasteiger partial charge in [0.1, 0.15) is 0 Å². The van der Waals surface area contributed by atoms with E-state index >= 15 is 0 Å². The first-order valence-electron chi connectivity index (χ1n) is 6.53. The van der Waals surface area contributed by atoms with E-state index in [1.54, 1.807) is 24.3 Å². The summed E-state index contributed by atoms with van der Waals surface area (Å²) in [5.74, 6) is -0.0325. The SMILES string of the molecule is N#[N+]c1ccc(CS(=O)(=O)NC2CCCCC2)cc1. The van der Waals surface area contributed by atoms with Gasteiger partial charge in [0.15, 0.2) is 4.98 Å². The van der Waals surface area contributed by atoms with E-state index in [9.17, 15) is 8.42 Å². The Kier molecular flexibility index (Phi) is 4.51. The molecule has 5 nitrogen and oxygen atoms in total. The van der Waals surface area contributed by atoms with Gasteiger partial charge in [-0.2, -0.15) is 0 Å². The van der Waals surface area contributed by atoms with Crippen LogP contribution < -0.4 is 4.72 Å². The van der Waals surface area contributed by atoms with Crippen LogP contribution in [0.4, 0.5) is 5.69 Å². The molecule has 0 radical (unpaired) electrons. The Morgan fingerprint density at radius 1 is 1.16 bits per heavy atom. The van der Waals surface area contributed by atoms with Crippen molar-refractivity contribution in [1.29, 1.82) is 5.39 Å². The van der Waals surface area contributed by atoms with E-state index < -0.39 is 10.0 Å². The summed E-state index contributed by atoms with van der Waals surface area (Å²) in [7, 11) is -3.30. The summed E-state index contributed by atoms with van der Waals surface area (Å²) >= 11 is 0. The Morgan fingerprint density at radius 3 is 2.37 bits per heavy atom. The Bertz CT molecular complexity index is 555. The fourth-order valence-electron chi connectivity index (χ4n) is 2.39. The molecule has 2 rings (SSSR count). The molecule has 1 aromatic rings. The highest BCUT2D eigenvalue weighted by atomic mass is 32.2. The van der Waals surface area contributed by atoms with Gasteiger partial charge in [-0.1, -0.05) is 19.3 Å². The topological polar surface area (TPSA) is 74.3 Å². The maximum atomic E-state index is 12.0. The minimum atomic E-state index is -3.30. The molecular weight excluding hydrogens is 262 g/mol. The van der Waals surface area contributed by atoms with Gasteiger partial charge in [-0.25, -0.2) is 13.1 Å². The molecule has 0 spiro atoms. The van der Waals surface area contributed by atoms with Gasteiger partial charge in [0.2, 0.25) is 15.4 Å². The predicted octanol–water partition coefficient (Wildman–Crippen LogP) is 2.92. The van der Waals surface area contributed by atoms with Crippen LogP contribution in [-0.2, 0) is 15.8 Å². The molecule has 1 N–H and O–H groups in total. The van der Waals surface area contributed by atoms with Crippen LogP contribution >= 0.6 is 0 Å². The second-order valence-corrected chi connectivity index (χ2v) is 6.73. The molecule has 0 saturated heterocycles. The van der Waals surface area contributed by atoms with Crippen LogP contribution in [0.2, 0.25) is 0 Å². The number of sulfonamides is 1. The Labute approximate surface area is 113 Å². The second kappa shape index (κ2) is 6.13. The van der Waals surface area contributed by atoms with E-state index in [0.717, 1.165) is 25.7 Å². The molecule has 1 aliphatic carbocycles. The molecule has 19 heavy (non-hydrogen) atoms. The minimum Gasteiger partial charge on any atom is -0.212 e. The summed E-state index contributed by atoms with van der Waals surface area (Å²) < 4.78 is 26.8. The van der Waals surface area contributed by atoms with Crippen LogP contribution in [0.1, 0.15) is 37.7 Å². The fourth-order valence-corrected chi connectivity index (χ4v) is 3.85. The number of nitrogens with one attached hydrogen (secondary N) is 1. The lowest BCUT2D eigenvalue weighted by molar-refractivity contribution is 0.412. The van der Waals surface area contributed by atoms with Crippen LogP contribution in [0.15, 0.2) is 24.3 Å². The smallest absolute Gasteiger partial charge is 0.212 e. The van der Waals surface area contributed by atoms with Crippen molar-refractivity contribution in [2.24, 2.45) is 0 Å². The first kappa shape index (κ1) is 14.0. The molecule has 1 aromatic carbocycles. The van der Waals surface area contributed by atoms with Gasteiger partial charge in [0.25, 0.3) is 0 Å². The third-order valence-corrected chi connectivity index (χ3v) is 4.77. The van der Waals surface area contributed by atoms with Crippen LogP contribution in [0.25, 0.3) is 4.98 Å². The lowest BCUT2D eigenvalue weighted by Gasteiger charge is -2.22. The standard InChI is InChI=1S/C13H18N3O2S/c14-15-12-8-6-11(7-9-12)10-19(17,18)16-13-4-2-1-3-5-13/h6-9,13,16H,1-5,10H2/q+1. The molecule has 1 saturated carbocycles. The van der Waals surface area contributed by atoms with Gasteiger partial charge in [-0.3, -0.25) is 0 Å². The van der Waals surface area contributed by atoms with E-state index in [4.69, 9.17) is 5.39 Å². The second-order valence-electron chi connectivity index (χ2n) is 4.98. The maximum Gasteiger partial charge on any atom is 0.385 e. The number of diazo groups is 1. The molecule has 6 heteroatoms. The molecule has 0 unspecified atom stereocenters. The lowest BCUT2D eigenvalue weighted by Crippen LogP contribution is -2.36. The third-order valence-electron chi connectivity index (χ3n) is 3.36. The van der Waals surface area contributed by atoms with Crippen molar-refractivity contribution in [2.45, 2.75) is 43.9 Å². The summed E-state index contributed by atoms with van der Waals surface area (Å²) in [5.41, 5.74) is 1.11. The van der Waals surface area contributed by atoms with Gasteiger partial charge in [0, 0.05) is 18.2 Å². The zero-order valence-electron chi connectivity index (χ0n) is 10.7. The summed E-state index contributed by atoms with van der Waals surface area (Å²) in [6.45, 7) is 0. The van der Waals surface area contributed by atoms with Crippen molar-refractivity contribution in [1.82, 2.24) is 4.72 Å². The van der Waals surface area contributed by atoms with Crippen LogP contribution in [-0.4, -0.2) is 14.5 Å². The number of nitrogens with zero attached hydrogens (tertiary/aromatic N) is 2. The summed E-state index contributed by atoms with van der Waals surface area (Å²) in [5, 5.41) is 8.57. The highest BCUT2D eigenvalue weighted by Gasteiger charge is 2.20. The van der Waals surface area contributed by atoms with Crippen LogP contribution in [0, 0.1) is 5.39 Å². The molecule has 1 aliphatic rings. The minimum absolute atomic E-state index is 0.0325. The Morgan fingerprint density at radius 2 is 1.79 bits per heavy atom. The third kappa shape index (κ3) is 4.30. The molecular formula is C13H18N3O2S+. The zero-order valence-corrected chi connectivity index (χ0v) is 11.6. The van der Waals surface area contributed by atoms with Gasteiger partial charge in [0.05, 0.1) is 5.75 Å². The molecule has 0 aromatic heterocycles. The number of benzene rings is 1. The monoisotopic (exact) mass is 280 g/mol. The summed E-state index contributed by atoms with van der Waals surface area (Å²) in [4.78, 5) is 3.04. The molecule has 0 heterocycles. The average Bonchev–Trinajstić information content (AvgIpc) is 2.39. The number of rotatable bonds is 4. The van der Waals surface area contributed by atoms with Crippen molar-refractivity contribution in [3.05, 3.63) is 34.8 Å². The van der Waals surface area contributed by atoms with E-state index in [-0.39, 0.29) is 11.8 Å². The van der Waals surface area contributed by atoms with E-state index in [0.29, 0.717) is 11.3 Å². The Hall–Kier alpha value is -1.45. The molecule has 102 valence electrons. The highest BCUT2D eigenvalue weighted by molar-refractivity contribution is 7.88. The lowest BCUT2D eigenvalue weighted by atomic mass is 9.96. The summed E-state index contributed by atoms with van der Waals surface area (Å²) in [6.07, 6.45) is 5.26. The average molecular weight is 280 g/mol. The van der Waals surface area contributed by atoms with Crippen molar-refractivity contribution in [2.75, 3.05) is 0 Å². The van der Waals surface area contributed by atoms with Crippen LogP contribution in [0.5, 0.6) is 0 Å². The highest BCUT2D eigenvalue weighted by Crippen LogP contribution is 2.19. The quantitative estimate of drug-likeness (QED) is 0.862. The van der Waals surface area contributed by atoms with E-state index in [2.05, 4.69) is 9.70 Å². The number of hydrogen-bond donors (Lipinski definition) is 1. The first-order chi connectivity index (χ1) is 9.09. The normalized spacial score (nSPS) is 17.0. The molecule has 0 atom stereocenters. The largest absolute Gasteiger partial charge is 0.385 e. The van der Waals surface area contributed by atoms with Crippen molar-refractivity contribution < 1.29 is 8.42 Å². The summed E-state index contributed by atoms with van der Waals surface area (Å²) in [6, 6.07) is 6.59. The Balaban J connectivity index is 1.97. The van der Waals surface area contributed by atoms with E-state index in [1.165, 1.54) is 6.42 Å². The van der Waals surface area contributed by atoms with Gasteiger partial charge >= 0.3 is 5.69 Å². The zero-order chi connectivity index (χ0) is 13.7. The van der Waals surface area contributed by atoms with Crippen molar-refractivity contribution >= 4 is 15.7 Å².